The van der Waals surface area contributed by atoms with Gasteiger partial charge in [0, 0.05) is 28.5 Å². The van der Waals surface area contributed by atoms with Crippen molar-refractivity contribution >= 4 is 34.8 Å². The van der Waals surface area contributed by atoms with Crippen LogP contribution >= 0.6 is 23.2 Å². The summed E-state index contributed by atoms with van der Waals surface area (Å²) in [5.41, 5.74) is 2.96. The zero-order valence-corrected chi connectivity index (χ0v) is 16.5. The fourth-order valence-corrected chi connectivity index (χ4v) is 3.79. The quantitative estimate of drug-likeness (QED) is 0.627. The molecule has 1 atom stereocenters. The Bertz CT molecular complexity index is 1000. The molecule has 2 heterocycles. The van der Waals surface area contributed by atoms with E-state index in [0.29, 0.717) is 33.5 Å². The van der Waals surface area contributed by atoms with Crippen LogP contribution in [0.25, 0.3) is 0 Å². The fraction of sp³-hybridized carbons (Fsp3) is 0.143. The summed E-state index contributed by atoms with van der Waals surface area (Å²) in [6, 6.07) is 16.4. The Morgan fingerprint density at radius 2 is 1.82 bits per heavy atom. The number of pyridine rings is 1. The molecule has 1 amide bonds. The van der Waals surface area contributed by atoms with Crippen molar-refractivity contribution in [3.8, 4) is 5.75 Å². The van der Waals surface area contributed by atoms with Crippen LogP contribution in [-0.2, 0) is 6.54 Å². The molecular weight excluding hydrogens is 397 g/mol. The Morgan fingerprint density at radius 3 is 2.50 bits per heavy atom. The molecule has 142 valence electrons. The van der Waals surface area contributed by atoms with Gasteiger partial charge >= 0.3 is 0 Å². The number of halogens is 2. The van der Waals surface area contributed by atoms with E-state index in [0.717, 1.165) is 11.3 Å². The Morgan fingerprint density at radius 1 is 1.11 bits per heavy atom. The minimum Gasteiger partial charge on any atom is -0.497 e. The van der Waals surface area contributed by atoms with Crippen LogP contribution in [0.5, 0.6) is 5.75 Å². The number of carbonyl (C=O) groups excluding carboxylic acids is 1. The van der Waals surface area contributed by atoms with Crippen LogP contribution in [0.3, 0.4) is 0 Å². The average Bonchev–Trinajstić information content (AvgIpc) is 2.94. The summed E-state index contributed by atoms with van der Waals surface area (Å²) in [5.74, 6) is 0.689. The lowest BCUT2D eigenvalue weighted by atomic mass is 10.2. The molecule has 0 saturated carbocycles. The summed E-state index contributed by atoms with van der Waals surface area (Å²) in [5, 5.41) is 4.38. The third kappa shape index (κ3) is 3.63. The van der Waals surface area contributed by atoms with E-state index in [1.54, 1.807) is 48.5 Å². The maximum atomic E-state index is 13.0. The van der Waals surface area contributed by atoms with Crippen LogP contribution in [0.4, 0.5) is 5.69 Å². The average molecular weight is 414 g/mol. The molecule has 0 radical (unpaired) electrons. The number of fused-ring (bicyclic) bond motifs is 1. The van der Waals surface area contributed by atoms with Crippen molar-refractivity contribution in [1.29, 1.82) is 0 Å². The number of anilines is 1. The van der Waals surface area contributed by atoms with Gasteiger partial charge in [-0.3, -0.25) is 9.78 Å². The number of aromatic nitrogens is 1. The van der Waals surface area contributed by atoms with Crippen molar-refractivity contribution in [3.63, 3.8) is 0 Å². The molecule has 1 aliphatic heterocycles. The summed E-state index contributed by atoms with van der Waals surface area (Å²) >= 11 is 12.3. The van der Waals surface area contributed by atoms with Gasteiger partial charge in [-0.15, -0.1) is 0 Å². The van der Waals surface area contributed by atoms with E-state index >= 15 is 0 Å². The summed E-state index contributed by atoms with van der Waals surface area (Å²) in [7, 11) is 1.62. The summed E-state index contributed by atoms with van der Waals surface area (Å²) < 4.78 is 5.21. The molecule has 1 N–H and O–H groups in total. The predicted molar refractivity (Wildman–Crippen MR) is 110 cm³/mol. The first kappa shape index (κ1) is 18.6. The lowest BCUT2D eigenvalue weighted by molar-refractivity contribution is 0.0728. The molecule has 2 aromatic carbocycles. The number of rotatable bonds is 5. The smallest absolute Gasteiger partial charge is 0.258 e. The first-order chi connectivity index (χ1) is 13.5. The number of hydrogen-bond acceptors (Lipinski definition) is 4. The molecule has 0 bridgehead atoms. The molecule has 7 heteroatoms. The Labute approximate surface area is 172 Å². The highest BCUT2D eigenvalue weighted by Gasteiger charge is 2.37. The van der Waals surface area contributed by atoms with E-state index in [4.69, 9.17) is 27.9 Å². The van der Waals surface area contributed by atoms with Gasteiger partial charge in [-0.25, -0.2) is 0 Å². The van der Waals surface area contributed by atoms with Gasteiger partial charge in [0.1, 0.15) is 11.9 Å². The predicted octanol–water partition coefficient (Wildman–Crippen LogP) is 5.16. The number of hydrogen-bond donors (Lipinski definition) is 1. The molecule has 1 unspecified atom stereocenters. The van der Waals surface area contributed by atoms with Gasteiger partial charge in [0.05, 0.1) is 18.4 Å². The van der Waals surface area contributed by atoms with Crippen molar-refractivity contribution < 1.29 is 9.53 Å². The monoisotopic (exact) mass is 413 g/mol. The van der Waals surface area contributed by atoms with E-state index in [9.17, 15) is 4.79 Å². The van der Waals surface area contributed by atoms with Crippen LogP contribution in [0.1, 0.15) is 27.8 Å². The van der Waals surface area contributed by atoms with Gasteiger partial charge in [0.2, 0.25) is 0 Å². The summed E-state index contributed by atoms with van der Waals surface area (Å²) in [4.78, 5) is 19.2. The maximum Gasteiger partial charge on any atom is 0.258 e. The molecule has 0 fully saturated rings. The zero-order chi connectivity index (χ0) is 19.7. The third-order valence-electron chi connectivity index (χ3n) is 4.58. The van der Waals surface area contributed by atoms with E-state index in [1.165, 1.54) is 0 Å². The molecule has 0 aliphatic carbocycles. The Kier molecular flexibility index (Phi) is 5.11. The number of carbonyl (C=O) groups is 1. The molecule has 3 aromatic rings. The first-order valence-electron chi connectivity index (χ1n) is 8.66. The number of methoxy groups -OCH3 is 1. The second kappa shape index (κ2) is 7.70. The van der Waals surface area contributed by atoms with Gasteiger partial charge in [0.15, 0.2) is 0 Å². The first-order valence-corrected chi connectivity index (χ1v) is 9.42. The van der Waals surface area contributed by atoms with E-state index in [2.05, 4.69) is 10.3 Å². The van der Waals surface area contributed by atoms with E-state index in [-0.39, 0.29) is 5.91 Å². The van der Waals surface area contributed by atoms with Crippen LogP contribution < -0.4 is 10.1 Å². The molecule has 1 aliphatic rings. The number of benzene rings is 2. The normalized spacial score (nSPS) is 15.5. The molecular formula is C21H17Cl2N3O2. The van der Waals surface area contributed by atoms with Crippen molar-refractivity contribution in [2.24, 2.45) is 0 Å². The van der Waals surface area contributed by atoms with E-state index < -0.39 is 6.17 Å². The highest BCUT2D eigenvalue weighted by atomic mass is 35.5. The lowest BCUT2D eigenvalue weighted by Crippen LogP contribution is -2.32. The standard InChI is InChI=1S/C21H17Cl2N3O2/c1-28-17-6-4-13(5-7-17)12-26-20(19-18(21(26)27)3-2-8-24-19)25-16-10-14(22)9-15(23)11-16/h2-11,20,25H,12H2,1H3. The second-order valence-electron chi connectivity index (χ2n) is 6.42. The highest BCUT2D eigenvalue weighted by Crippen LogP contribution is 2.35. The number of nitrogens with one attached hydrogen (secondary N) is 1. The minimum atomic E-state index is -0.430. The van der Waals surface area contributed by atoms with Crippen molar-refractivity contribution in [3.05, 3.63) is 87.7 Å². The second-order valence-corrected chi connectivity index (χ2v) is 7.30. The van der Waals surface area contributed by atoms with Gasteiger partial charge < -0.3 is 15.0 Å². The topological polar surface area (TPSA) is 54.5 Å². The van der Waals surface area contributed by atoms with Gasteiger partial charge in [-0.2, -0.15) is 0 Å². The van der Waals surface area contributed by atoms with Gasteiger partial charge in [-0.05, 0) is 48.0 Å². The third-order valence-corrected chi connectivity index (χ3v) is 5.01. The molecule has 0 saturated heterocycles. The molecule has 0 spiro atoms. The SMILES string of the molecule is COc1ccc(CN2C(=O)c3cccnc3C2Nc2cc(Cl)cc(Cl)c2)cc1. The number of nitrogens with zero attached hydrogens (tertiary/aromatic N) is 2. The van der Waals surface area contributed by atoms with Crippen molar-refractivity contribution in [1.82, 2.24) is 9.88 Å². The van der Waals surface area contributed by atoms with Gasteiger partial charge in [0.25, 0.3) is 5.91 Å². The van der Waals surface area contributed by atoms with Crippen LogP contribution in [-0.4, -0.2) is 22.9 Å². The molecule has 28 heavy (non-hydrogen) atoms. The van der Waals surface area contributed by atoms with Gasteiger partial charge in [-0.1, -0.05) is 35.3 Å². The molecule has 5 nitrogen and oxygen atoms in total. The zero-order valence-electron chi connectivity index (χ0n) is 15.0. The molecule has 1 aromatic heterocycles. The van der Waals surface area contributed by atoms with Crippen LogP contribution in [0, 0.1) is 0 Å². The summed E-state index contributed by atoms with van der Waals surface area (Å²) in [6.07, 6.45) is 1.25. The van der Waals surface area contributed by atoms with Crippen LogP contribution in [0.15, 0.2) is 60.8 Å². The Hall–Kier alpha value is -2.76. The Balaban J connectivity index is 1.67. The lowest BCUT2D eigenvalue weighted by Gasteiger charge is -2.27. The van der Waals surface area contributed by atoms with Crippen LogP contribution in [0.2, 0.25) is 10.0 Å². The largest absolute Gasteiger partial charge is 0.497 e. The fourth-order valence-electron chi connectivity index (χ4n) is 3.27. The number of ether oxygens (including phenoxy) is 1. The minimum absolute atomic E-state index is 0.0791. The molecule has 4 rings (SSSR count). The maximum absolute atomic E-state index is 13.0. The number of amides is 1. The van der Waals surface area contributed by atoms with Crippen molar-refractivity contribution in [2.75, 3.05) is 12.4 Å². The highest BCUT2D eigenvalue weighted by molar-refractivity contribution is 6.35. The van der Waals surface area contributed by atoms with E-state index in [1.807, 2.05) is 24.3 Å². The summed E-state index contributed by atoms with van der Waals surface area (Å²) in [6.45, 7) is 0.422. The van der Waals surface area contributed by atoms with Crippen molar-refractivity contribution in [2.45, 2.75) is 12.7 Å².